The van der Waals surface area contributed by atoms with Crippen molar-refractivity contribution in [2.24, 2.45) is 0 Å². The van der Waals surface area contributed by atoms with E-state index < -0.39 is 5.97 Å². The van der Waals surface area contributed by atoms with Gasteiger partial charge in [-0.1, -0.05) is 0 Å². The van der Waals surface area contributed by atoms with Crippen LogP contribution in [0, 0.1) is 0 Å². The molecule has 0 saturated heterocycles. The Balaban J connectivity index is 2.02. The minimum absolute atomic E-state index is 0.0285. The Labute approximate surface area is 82.1 Å². The molecule has 1 fully saturated rings. The van der Waals surface area contributed by atoms with Gasteiger partial charge in [-0.3, -0.25) is 9.59 Å². The van der Waals surface area contributed by atoms with Crippen molar-refractivity contribution >= 4 is 11.9 Å². The second-order valence-corrected chi connectivity index (χ2v) is 3.64. The third-order valence-electron chi connectivity index (χ3n) is 2.27. The van der Waals surface area contributed by atoms with Gasteiger partial charge >= 0.3 is 5.97 Å². The van der Waals surface area contributed by atoms with Gasteiger partial charge in [-0.25, -0.2) is 0 Å². The Morgan fingerprint density at radius 3 is 2.43 bits per heavy atom. The second kappa shape index (κ2) is 4.95. The van der Waals surface area contributed by atoms with Crippen LogP contribution in [-0.2, 0) is 9.59 Å². The van der Waals surface area contributed by atoms with Gasteiger partial charge in [0, 0.05) is 18.9 Å². The third kappa shape index (κ3) is 3.74. The minimum atomic E-state index is -0.878. The molecule has 0 bridgehead atoms. The number of carboxylic acids is 1. The molecule has 1 rings (SSSR count). The van der Waals surface area contributed by atoms with E-state index in [1.807, 2.05) is 0 Å². The zero-order valence-electron chi connectivity index (χ0n) is 7.90. The van der Waals surface area contributed by atoms with Crippen molar-refractivity contribution in [1.29, 1.82) is 0 Å². The summed E-state index contributed by atoms with van der Waals surface area (Å²) >= 11 is 0. The zero-order chi connectivity index (χ0) is 10.6. The van der Waals surface area contributed by atoms with Crippen LogP contribution in [0.25, 0.3) is 0 Å². The molecule has 0 atom stereocenters. The molecular weight excluding hydrogens is 186 g/mol. The molecule has 0 radical (unpaired) electrons. The molecule has 1 aliphatic rings. The fraction of sp³-hybridized carbons (Fsp3) is 0.778. The molecule has 3 N–H and O–H groups in total. The van der Waals surface area contributed by atoms with Gasteiger partial charge < -0.3 is 15.5 Å². The van der Waals surface area contributed by atoms with E-state index in [1.165, 1.54) is 0 Å². The number of hydrogen-bond acceptors (Lipinski definition) is 3. The van der Waals surface area contributed by atoms with Crippen molar-refractivity contribution in [3.63, 3.8) is 0 Å². The smallest absolute Gasteiger partial charge is 0.303 e. The highest BCUT2D eigenvalue weighted by atomic mass is 16.4. The highest BCUT2D eigenvalue weighted by Gasteiger charge is 2.27. The van der Waals surface area contributed by atoms with E-state index in [9.17, 15) is 9.59 Å². The first-order valence-electron chi connectivity index (χ1n) is 4.77. The second-order valence-electron chi connectivity index (χ2n) is 3.64. The number of amides is 1. The largest absolute Gasteiger partial charge is 0.481 e. The van der Waals surface area contributed by atoms with Crippen LogP contribution in [0.1, 0.15) is 32.1 Å². The molecular formula is C9H15NO4. The Morgan fingerprint density at radius 2 is 1.93 bits per heavy atom. The molecule has 1 saturated carbocycles. The van der Waals surface area contributed by atoms with Crippen LogP contribution >= 0.6 is 0 Å². The highest BCUT2D eigenvalue weighted by molar-refractivity contribution is 5.77. The molecule has 5 heteroatoms. The lowest BCUT2D eigenvalue weighted by Crippen LogP contribution is -2.46. The number of aliphatic hydroxyl groups excluding tert-OH is 1. The molecule has 0 unspecified atom stereocenters. The number of aliphatic carboxylic acids is 1. The normalized spacial score (nSPS) is 25.2. The van der Waals surface area contributed by atoms with E-state index in [-0.39, 0.29) is 30.9 Å². The topological polar surface area (TPSA) is 86.6 Å². The summed E-state index contributed by atoms with van der Waals surface area (Å²) in [7, 11) is 0. The van der Waals surface area contributed by atoms with E-state index in [0.29, 0.717) is 19.3 Å². The van der Waals surface area contributed by atoms with Crippen LogP contribution in [0.15, 0.2) is 0 Å². The molecule has 0 aromatic rings. The number of aliphatic hydroxyl groups is 1. The van der Waals surface area contributed by atoms with Gasteiger partial charge in [0.05, 0.1) is 6.10 Å². The molecule has 1 aliphatic carbocycles. The summed E-state index contributed by atoms with van der Waals surface area (Å²) in [5, 5.41) is 20.0. The average Bonchev–Trinajstić information content (AvgIpc) is 2.00. The van der Waals surface area contributed by atoms with Gasteiger partial charge in [-0.05, 0) is 19.3 Å². The predicted octanol–water partition coefficient (Wildman–Crippen LogP) is -0.119. The third-order valence-corrected chi connectivity index (χ3v) is 2.27. The first kappa shape index (κ1) is 11.0. The summed E-state index contributed by atoms with van der Waals surface area (Å²) in [5.41, 5.74) is 0. The first-order valence-corrected chi connectivity index (χ1v) is 4.77. The van der Waals surface area contributed by atoms with E-state index in [4.69, 9.17) is 10.2 Å². The minimum Gasteiger partial charge on any atom is -0.481 e. The van der Waals surface area contributed by atoms with Gasteiger partial charge in [-0.2, -0.15) is 0 Å². The fourth-order valence-corrected chi connectivity index (χ4v) is 1.41. The summed E-state index contributed by atoms with van der Waals surface area (Å²) in [6, 6.07) is 0.0855. The zero-order valence-corrected chi connectivity index (χ0v) is 7.90. The van der Waals surface area contributed by atoms with Crippen LogP contribution in [0.2, 0.25) is 0 Å². The lowest BCUT2D eigenvalue weighted by atomic mass is 9.89. The molecule has 0 aromatic carbocycles. The van der Waals surface area contributed by atoms with Gasteiger partial charge in [0.25, 0.3) is 0 Å². The maximum Gasteiger partial charge on any atom is 0.303 e. The monoisotopic (exact) mass is 201 g/mol. The van der Waals surface area contributed by atoms with E-state index in [2.05, 4.69) is 5.32 Å². The highest BCUT2D eigenvalue weighted by Crippen LogP contribution is 2.19. The van der Waals surface area contributed by atoms with E-state index in [1.54, 1.807) is 0 Å². The Morgan fingerprint density at radius 1 is 1.29 bits per heavy atom. The van der Waals surface area contributed by atoms with Crippen molar-refractivity contribution in [1.82, 2.24) is 5.32 Å². The molecule has 0 heterocycles. The van der Waals surface area contributed by atoms with Crippen LogP contribution < -0.4 is 5.32 Å². The Bertz CT molecular complexity index is 223. The van der Waals surface area contributed by atoms with E-state index >= 15 is 0 Å². The number of carbonyl (C=O) groups is 2. The summed E-state index contributed by atoms with van der Waals surface area (Å²) in [6.07, 6.45) is 1.60. The van der Waals surface area contributed by atoms with E-state index in [0.717, 1.165) is 0 Å². The lowest BCUT2D eigenvalue weighted by molar-refractivity contribution is -0.137. The quantitative estimate of drug-likeness (QED) is 0.578. The van der Waals surface area contributed by atoms with Crippen molar-refractivity contribution < 1.29 is 19.8 Å². The maximum absolute atomic E-state index is 11.1. The van der Waals surface area contributed by atoms with Gasteiger partial charge in [0.15, 0.2) is 0 Å². The van der Waals surface area contributed by atoms with Crippen LogP contribution in [0.4, 0.5) is 0 Å². The number of rotatable bonds is 5. The molecule has 1 amide bonds. The lowest BCUT2D eigenvalue weighted by Gasteiger charge is -2.31. The van der Waals surface area contributed by atoms with Crippen molar-refractivity contribution in [3.8, 4) is 0 Å². The summed E-state index contributed by atoms with van der Waals surface area (Å²) in [6.45, 7) is 0. The van der Waals surface area contributed by atoms with Crippen LogP contribution in [0.3, 0.4) is 0 Å². The number of hydrogen-bond donors (Lipinski definition) is 3. The SMILES string of the molecule is O=C(O)CCCC(=O)NC1CC(O)C1. The Kier molecular flexibility index (Phi) is 3.88. The average molecular weight is 201 g/mol. The van der Waals surface area contributed by atoms with Crippen molar-refractivity contribution in [2.45, 2.75) is 44.2 Å². The molecule has 0 aliphatic heterocycles. The first-order chi connectivity index (χ1) is 6.58. The van der Waals surface area contributed by atoms with Gasteiger partial charge in [0.1, 0.15) is 0 Å². The summed E-state index contributed by atoms with van der Waals surface area (Å²) in [4.78, 5) is 21.3. The summed E-state index contributed by atoms with van der Waals surface area (Å²) < 4.78 is 0. The van der Waals surface area contributed by atoms with Crippen molar-refractivity contribution in [2.75, 3.05) is 0 Å². The summed E-state index contributed by atoms with van der Waals surface area (Å²) in [5.74, 6) is -1.000. The molecule has 80 valence electrons. The van der Waals surface area contributed by atoms with Crippen LogP contribution in [0.5, 0.6) is 0 Å². The van der Waals surface area contributed by atoms with Gasteiger partial charge in [0.2, 0.25) is 5.91 Å². The number of carbonyl (C=O) groups excluding carboxylic acids is 1. The van der Waals surface area contributed by atoms with Crippen LogP contribution in [-0.4, -0.2) is 34.2 Å². The predicted molar refractivity (Wildman–Crippen MR) is 48.7 cm³/mol. The fourth-order valence-electron chi connectivity index (χ4n) is 1.41. The number of nitrogens with one attached hydrogen (secondary N) is 1. The maximum atomic E-state index is 11.1. The van der Waals surface area contributed by atoms with Gasteiger partial charge in [-0.15, -0.1) is 0 Å². The molecule has 5 nitrogen and oxygen atoms in total. The Hall–Kier alpha value is -1.10. The standard InChI is InChI=1S/C9H15NO4/c11-7-4-6(5-7)10-8(12)2-1-3-9(13)14/h6-7,11H,1-5H2,(H,10,12)(H,13,14). The molecule has 0 spiro atoms. The number of carboxylic acid groups (broad SMARTS) is 1. The molecule has 0 aromatic heterocycles. The molecule has 14 heavy (non-hydrogen) atoms. The van der Waals surface area contributed by atoms with Crippen molar-refractivity contribution in [3.05, 3.63) is 0 Å².